The number of rotatable bonds is 4. The fourth-order valence-electron chi connectivity index (χ4n) is 3.21. The number of aryl methyl sites for hydroxylation is 2. The van der Waals surface area contributed by atoms with Crippen LogP contribution in [0.4, 0.5) is 0 Å². The molecule has 0 saturated heterocycles. The van der Waals surface area contributed by atoms with E-state index in [4.69, 9.17) is 0 Å². The van der Waals surface area contributed by atoms with Crippen molar-refractivity contribution >= 4 is 5.91 Å². The number of aromatic nitrogens is 2. The molecule has 1 fully saturated rings. The number of carbonyl (C=O) groups is 1. The Hall–Kier alpha value is -1.36. The molecule has 2 N–H and O–H groups in total. The third kappa shape index (κ3) is 3.03. The number of nitrogens with one attached hydrogen (secondary N) is 1. The third-order valence-electron chi connectivity index (χ3n) is 4.56. The second kappa shape index (κ2) is 6.39. The van der Waals surface area contributed by atoms with Gasteiger partial charge in [-0.25, -0.2) is 0 Å². The molecule has 112 valence electrons. The average Bonchev–Trinajstić information content (AvgIpc) is 2.70. The topological polar surface area (TPSA) is 67.2 Å². The lowest BCUT2D eigenvalue weighted by Crippen LogP contribution is -2.35. The molecule has 1 aliphatic rings. The molecule has 2 rings (SSSR count). The van der Waals surface area contributed by atoms with Crippen LogP contribution in [0.2, 0.25) is 0 Å². The highest BCUT2D eigenvalue weighted by Crippen LogP contribution is 2.29. The summed E-state index contributed by atoms with van der Waals surface area (Å²) in [7, 11) is 1.85. The summed E-state index contributed by atoms with van der Waals surface area (Å²) in [6.07, 6.45) is 4.55. The van der Waals surface area contributed by atoms with Crippen LogP contribution in [0, 0.1) is 25.7 Å². The molecule has 1 heterocycles. The number of hydrogen-bond donors (Lipinski definition) is 2. The van der Waals surface area contributed by atoms with E-state index in [9.17, 15) is 9.90 Å². The molecule has 1 aromatic rings. The first kappa shape index (κ1) is 15.0. The SMILES string of the molecule is Cc1nn(C)c(C)c1C(=O)NCC1CCCCC1CO. The molecule has 20 heavy (non-hydrogen) atoms. The molecule has 0 aliphatic heterocycles. The minimum absolute atomic E-state index is 0.0460. The second-order valence-electron chi connectivity index (χ2n) is 5.87. The fraction of sp³-hybridized carbons (Fsp3) is 0.733. The summed E-state index contributed by atoms with van der Waals surface area (Å²) in [5.41, 5.74) is 2.34. The van der Waals surface area contributed by atoms with Crippen LogP contribution < -0.4 is 5.32 Å². The van der Waals surface area contributed by atoms with Crippen LogP contribution in [0.25, 0.3) is 0 Å². The van der Waals surface area contributed by atoms with Crippen molar-refractivity contribution in [1.29, 1.82) is 0 Å². The summed E-state index contributed by atoms with van der Waals surface area (Å²) >= 11 is 0. The molecule has 1 saturated carbocycles. The Morgan fingerprint density at radius 2 is 2.00 bits per heavy atom. The van der Waals surface area contributed by atoms with Gasteiger partial charge in [0.1, 0.15) is 0 Å². The smallest absolute Gasteiger partial charge is 0.255 e. The van der Waals surface area contributed by atoms with Crippen molar-refractivity contribution in [2.75, 3.05) is 13.2 Å². The van der Waals surface area contributed by atoms with Crippen molar-refractivity contribution in [3.05, 3.63) is 17.0 Å². The summed E-state index contributed by atoms with van der Waals surface area (Å²) in [6, 6.07) is 0. The summed E-state index contributed by atoms with van der Waals surface area (Å²) in [5, 5.41) is 16.7. The molecular formula is C15H25N3O2. The Bertz CT molecular complexity index is 482. The summed E-state index contributed by atoms with van der Waals surface area (Å²) < 4.78 is 1.74. The van der Waals surface area contributed by atoms with Gasteiger partial charge in [-0.05, 0) is 38.5 Å². The van der Waals surface area contributed by atoms with Crippen molar-refractivity contribution in [1.82, 2.24) is 15.1 Å². The Labute approximate surface area is 120 Å². The molecule has 5 heteroatoms. The Morgan fingerprint density at radius 1 is 1.35 bits per heavy atom. The molecule has 5 nitrogen and oxygen atoms in total. The van der Waals surface area contributed by atoms with Crippen molar-refractivity contribution in [2.24, 2.45) is 18.9 Å². The zero-order valence-electron chi connectivity index (χ0n) is 12.6. The predicted octanol–water partition coefficient (Wildman–Crippen LogP) is 1.57. The van der Waals surface area contributed by atoms with Crippen LogP contribution in [-0.2, 0) is 7.05 Å². The van der Waals surface area contributed by atoms with Crippen LogP contribution >= 0.6 is 0 Å². The molecule has 0 spiro atoms. The van der Waals surface area contributed by atoms with Gasteiger partial charge in [-0.3, -0.25) is 9.48 Å². The largest absolute Gasteiger partial charge is 0.396 e. The van der Waals surface area contributed by atoms with E-state index in [2.05, 4.69) is 10.4 Å². The highest BCUT2D eigenvalue weighted by atomic mass is 16.3. The summed E-state index contributed by atoms with van der Waals surface area (Å²) in [6.45, 7) is 4.65. The number of amides is 1. The minimum atomic E-state index is -0.0460. The predicted molar refractivity (Wildman–Crippen MR) is 77.5 cm³/mol. The maximum Gasteiger partial charge on any atom is 0.255 e. The van der Waals surface area contributed by atoms with Crippen molar-refractivity contribution in [2.45, 2.75) is 39.5 Å². The Kier molecular flexibility index (Phi) is 4.81. The zero-order chi connectivity index (χ0) is 14.7. The lowest BCUT2D eigenvalue weighted by molar-refractivity contribution is 0.0908. The van der Waals surface area contributed by atoms with E-state index in [-0.39, 0.29) is 12.5 Å². The maximum atomic E-state index is 12.3. The van der Waals surface area contributed by atoms with E-state index in [1.807, 2.05) is 20.9 Å². The molecule has 1 amide bonds. The van der Waals surface area contributed by atoms with E-state index < -0.39 is 0 Å². The minimum Gasteiger partial charge on any atom is -0.396 e. The third-order valence-corrected chi connectivity index (χ3v) is 4.56. The fourth-order valence-corrected chi connectivity index (χ4v) is 3.21. The first-order chi connectivity index (χ1) is 9.54. The van der Waals surface area contributed by atoms with Gasteiger partial charge < -0.3 is 10.4 Å². The lowest BCUT2D eigenvalue weighted by Gasteiger charge is -2.30. The van der Waals surface area contributed by atoms with Crippen LogP contribution in [0.15, 0.2) is 0 Å². The van der Waals surface area contributed by atoms with Gasteiger partial charge >= 0.3 is 0 Å². The molecule has 2 unspecified atom stereocenters. The van der Waals surface area contributed by atoms with E-state index in [1.165, 1.54) is 12.8 Å². The number of aliphatic hydroxyl groups excluding tert-OH is 1. The van der Waals surface area contributed by atoms with E-state index in [1.54, 1.807) is 4.68 Å². The van der Waals surface area contributed by atoms with E-state index in [0.29, 0.717) is 23.9 Å². The highest BCUT2D eigenvalue weighted by molar-refractivity contribution is 5.96. The van der Waals surface area contributed by atoms with Gasteiger partial charge in [-0.1, -0.05) is 12.8 Å². The molecule has 0 bridgehead atoms. The van der Waals surface area contributed by atoms with Gasteiger partial charge in [0.25, 0.3) is 5.91 Å². The zero-order valence-corrected chi connectivity index (χ0v) is 12.6. The first-order valence-corrected chi connectivity index (χ1v) is 7.43. The normalized spacial score (nSPS) is 22.8. The molecule has 1 aliphatic carbocycles. The van der Waals surface area contributed by atoms with Gasteiger partial charge in [0.05, 0.1) is 11.3 Å². The number of aliphatic hydroxyl groups is 1. The molecule has 2 atom stereocenters. The van der Waals surface area contributed by atoms with E-state index >= 15 is 0 Å². The maximum absolute atomic E-state index is 12.3. The van der Waals surface area contributed by atoms with Gasteiger partial charge in [-0.15, -0.1) is 0 Å². The van der Waals surface area contributed by atoms with Crippen LogP contribution in [0.3, 0.4) is 0 Å². The van der Waals surface area contributed by atoms with Crippen molar-refractivity contribution in [3.8, 4) is 0 Å². The van der Waals surface area contributed by atoms with Gasteiger partial charge in [0, 0.05) is 25.9 Å². The summed E-state index contributed by atoms with van der Waals surface area (Å²) in [5.74, 6) is 0.686. The van der Waals surface area contributed by atoms with E-state index in [0.717, 1.165) is 24.2 Å². The average molecular weight is 279 g/mol. The first-order valence-electron chi connectivity index (χ1n) is 7.43. The Morgan fingerprint density at radius 3 is 2.55 bits per heavy atom. The Balaban J connectivity index is 1.98. The lowest BCUT2D eigenvalue weighted by atomic mass is 9.79. The van der Waals surface area contributed by atoms with Crippen LogP contribution in [0.1, 0.15) is 47.4 Å². The van der Waals surface area contributed by atoms with Crippen molar-refractivity contribution in [3.63, 3.8) is 0 Å². The molecule has 0 aromatic carbocycles. The molecule has 0 radical (unpaired) electrons. The summed E-state index contributed by atoms with van der Waals surface area (Å²) in [4.78, 5) is 12.3. The second-order valence-corrected chi connectivity index (χ2v) is 5.87. The number of carbonyl (C=O) groups excluding carboxylic acids is 1. The highest BCUT2D eigenvalue weighted by Gasteiger charge is 2.25. The van der Waals surface area contributed by atoms with Crippen molar-refractivity contribution < 1.29 is 9.90 Å². The van der Waals surface area contributed by atoms with Crippen LogP contribution in [0.5, 0.6) is 0 Å². The molecular weight excluding hydrogens is 254 g/mol. The van der Waals surface area contributed by atoms with Gasteiger partial charge in [0.2, 0.25) is 0 Å². The number of hydrogen-bond acceptors (Lipinski definition) is 3. The monoisotopic (exact) mass is 279 g/mol. The quantitative estimate of drug-likeness (QED) is 0.879. The van der Waals surface area contributed by atoms with Crippen LogP contribution in [-0.4, -0.2) is 33.9 Å². The van der Waals surface area contributed by atoms with Gasteiger partial charge in [0.15, 0.2) is 0 Å². The van der Waals surface area contributed by atoms with Gasteiger partial charge in [-0.2, -0.15) is 5.10 Å². The number of nitrogens with zero attached hydrogens (tertiary/aromatic N) is 2. The standard InChI is InChI=1S/C15H25N3O2/c1-10-14(11(2)18(3)17-10)15(20)16-8-12-6-4-5-7-13(12)9-19/h12-13,19H,4-9H2,1-3H3,(H,16,20). The molecule has 1 aromatic heterocycles.